The van der Waals surface area contributed by atoms with E-state index in [0.29, 0.717) is 5.92 Å². The second-order valence-electron chi connectivity index (χ2n) is 7.16. The number of nitrogens with zero attached hydrogens (tertiary/aromatic N) is 1. The first-order valence-corrected chi connectivity index (χ1v) is 8.55. The molecule has 110 valence electrons. The predicted octanol–water partition coefficient (Wildman–Crippen LogP) is 3.63. The minimum atomic E-state index is -0.244. The fourth-order valence-electron chi connectivity index (χ4n) is 3.21. The first-order valence-electron chi connectivity index (χ1n) is 7.33. The van der Waals surface area contributed by atoms with Crippen molar-refractivity contribution in [1.29, 1.82) is 0 Å². The first-order chi connectivity index (χ1) is 8.78. The molecule has 0 aromatic heterocycles. The summed E-state index contributed by atoms with van der Waals surface area (Å²) >= 11 is 1.30. The zero-order valence-electron chi connectivity index (χ0n) is 12.9. The quantitative estimate of drug-likeness (QED) is 0.789. The van der Waals surface area contributed by atoms with Crippen LogP contribution in [0.1, 0.15) is 59.8 Å². The van der Waals surface area contributed by atoms with Gasteiger partial charge in [0.15, 0.2) is 6.10 Å². The number of rotatable bonds is 4. The van der Waals surface area contributed by atoms with Crippen molar-refractivity contribution in [3.8, 4) is 0 Å². The van der Waals surface area contributed by atoms with E-state index in [9.17, 15) is 4.79 Å². The highest BCUT2D eigenvalue weighted by atomic mass is 32.2. The molecule has 19 heavy (non-hydrogen) atoms. The van der Waals surface area contributed by atoms with Crippen LogP contribution in [-0.2, 0) is 9.63 Å². The normalized spacial score (nSPS) is 28.1. The van der Waals surface area contributed by atoms with Gasteiger partial charge in [-0.3, -0.25) is 9.63 Å². The monoisotopic (exact) mass is 285 g/mol. The Morgan fingerprint density at radius 1 is 1.21 bits per heavy atom. The molecule has 0 spiro atoms. The standard InChI is InChI=1S/C15H27NO2S/c1-14(2)9-6-10-15(3,4)16(14)18-12(11-7-8-11)13(17)19-5/h11-12H,6-10H2,1-5H3/t12-/m1/s1. The van der Waals surface area contributed by atoms with Crippen molar-refractivity contribution in [1.82, 2.24) is 5.06 Å². The van der Waals surface area contributed by atoms with Crippen LogP contribution in [-0.4, -0.2) is 33.6 Å². The molecule has 0 N–H and O–H groups in total. The maximum atomic E-state index is 12.1. The zero-order valence-corrected chi connectivity index (χ0v) is 13.7. The second kappa shape index (κ2) is 5.38. The van der Waals surface area contributed by atoms with Crippen molar-refractivity contribution in [3.63, 3.8) is 0 Å². The van der Waals surface area contributed by atoms with Crippen LogP contribution in [0.15, 0.2) is 0 Å². The number of thioether (sulfide) groups is 1. The predicted molar refractivity (Wildman–Crippen MR) is 80.0 cm³/mol. The van der Waals surface area contributed by atoms with Gasteiger partial charge in [-0.25, -0.2) is 0 Å². The van der Waals surface area contributed by atoms with Gasteiger partial charge in [0.25, 0.3) is 0 Å². The molecule has 1 saturated heterocycles. The van der Waals surface area contributed by atoms with Gasteiger partial charge in [0.2, 0.25) is 5.12 Å². The van der Waals surface area contributed by atoms with Crippen LogP contribution in [0.3, 0.4) is 0 Å². The first kappa shape index (κ1) is 15.3. The largest absolute Gasteiger partial charge is 0.285 e. The number of hydrogen-bond donors (Lipinski definition) is 0. The lowest BCUT2D eigenvalue weighted by molar-refractivity contribution is -0.300. The third kappa shape index (κ3) is 3.34. The molecule has 4 heteroatoms. The third-order valence-corrected chi connectivity index (χ3v) is 5.01. The van der Waals surface area contributed by atoms with E-state index in [1.807, 2.05) is 6.26 Å². The van der Waals surface area contributed by atoms with Gasteiger partial charge in [0.05, 0.1) is 0 Å². The summed E-state index contributed by atoms with van der Waals surface area (Å²) in [6.07, 6.45) is 7.35. The number of piperidine rings is 1. The van der Waals surface area contributed by atoms with Crippen LogP contribution >= 0.6 is 11.8 Å². The van der Waals surface area contributed by atoms with E-state index in [4.69, 9.17) is 4.84 Å². The van der Waals surface area contributed by atoms with E-state index < -0.39 is 0 Å². The molecule has 1 aliphatic heterocycles. The van der Waals surface area contributed by atoms with Crippen LogP contribution in [0.2, 0.25) is 0 Å². The van der Waals surface area contributed by atoms with Crippen molar-refractivity contribution in [3.05, 3.63) is 0 Å². The Morgan fingerprint density at radius 2 is 1.74 bits per heavy atom. The van der Waals surface area contributed by atoms with Crippen LogP contribution in [0, 0.1) is 5.92 Å². The Hall–Kier alpha value is -0.0600. The summed E-state index contributed by atoms with van der Waals surface area (Å²) in [6, 6.07) is 0. The Balaban J connectivity index is 2.15. The molecule has 0 radical (unpaired) electrons. The van der Waals surface area contributed by atoms with Crippen molar-refractivity contribution >= 4 is 16.9 Å². The maximum Gasteiger partial charge on any atom is 0.219 e. The average Bonchev–Trinajstić information content (AvgIpc) is 3.10. The van der Waals surface area contributed by atoms with Gasteiger partial charge in [-0.15, -0.1) is 0 Å². The fraction of sp³-hybridized carbons (Fsp3) is 0.933. The summed E-state index contributed by atoms with van der Waals surface area (Å²) < 4.78 is 0. The van der Waals surface area contributed by atoms with Crippen LogP contribution in [0.25, 0.3) is 0 Å². The highest BCUT2D eigenvalue weighted by molar-refractivity contribution is 8.13. The highest BCUT2D eigenvalue weighted by Gasteiger charge is 2.47. The van der Waals surface area contributed by atoms with Crippen LogP contribution in [0.4, 0.5) is 0 Å². The molecule has 1 heterocycles. The average molecular weight is 285 g/mol. The third-order valence-electron chi connectivity index (χ3n) is 4.38. The minimum Gasteiger partial charge on any atom is -0.285 e. The molecular weight excluding hydrogens is 258 g/mol. The Morgan fingerprint density at radius 3 is 2.16 bits per heavy atom. The molecule has 0 bridgehead atoms. The van der Waals surface area contributed by atoms with Gasteiger partial charge < -0.3 is 0 Å². The Bertz CT molecular complexity index is 334. The fourth-order valence-corrected chi connectivity index (χ4v) is 3.68. The number of hydroxylamine groups is 2. The van der Waals surface area contributed by atoms with E-state index in [2.05, 4.69) is 32.8 Å². The SMILES string of the molecule is CSC(=O)[C@H](ON1C(C)(C)CCCC1(C)C)C1CC1. The molecule has 1 aliphatic carbocycles. The molecule has 2 rings (SSSR count). The lowest BCUT2D eigenvalue weighted by Crippen LogP contribution is -2.60. The molecule has 3 nitrogen and oxygen atoms in total. The van der Waals surface area contributed by atoms with Gasteiger partial charge >= 0.3 is 0 Å². The van der Waals surface area contributed by atoms with Gasteiger partial charge in [-0.2, -0.15) is 5.06 Å². The topological polar surface area (TPSA) is 29.5 Å². The van der Waals surface area contributed by atoms with E-state index in [1.54, 1.807) is 0 Å². The summed E-state index contributed by atoms with van der Waals surface area (Å²) in [4.78, 5) is 18.4. The van der Waals surface area contributed by atoms with Crippen molar-refractivity contribution < 1.29 is 9.63 Å². The van der Waals surface area contributed by atoms with Gasteiger partial charge in [-0.1, -0.05) is 11.8 Å². The molecule has 2 aliphatic rings. The summed E-state index contributed by atoms with van der Waals surface area (Å²) in [6.45, 7) is 8.89. The molecule has 0 aromatic carbocycles. The molecule has 2 fully saturated rings. The van der Waals surface area contributed by atoms with Crippen molar-refractivity contribution in [2.75, 3.05) is 6.26 Å². The zero-order chi connectivity index (χ0) is 14.3. The van der Waals surface area contributed by atoms with Crippen LogP contribution in [0.5, 0.6) is 0 Å². The summed E-state index contributed by atoms with van der Waals surface area (Å²) in [5.41, 5.74) is 0.0150. The number of carbonyl (C=O) groups is 1. The van der Waals surface area contributed by atoms with E-state index in [0.717, 1.165) is 25.7 Å². The number of hydrogen-bond acceptors (Lipinski definition) is 4. The highest BCUT2D eigenvalue weighted by Crippen LogP contribution is 2.43. The molecule has 1 saturated carbocycles. The smallest absolute Gasteiger partial charge is 0.219 e. The number of carbonyl (C=O) groups excluding carboxylic acids is 1. The van der Waals surface area contributed by atoms with Crippen LogP contribution < -0.4 is 0 Å². The van der Waals surface area contributed by atoms with Crippen molar-refractivity contribution in [2.45, 2.75) is 77.0 Å². The second-order valence-corrected chi connectivity index (χ2v) is 7.97. The minimum absolute atomic E-state index is 0.00752. The lowest BCUT2D eigenvalue weighted by Gasteiger charge is -2.52. The Labute approximate surface area is 121 Å². The van der Waals surface area contributed by atoms with Gasteiger partial charge in [-0.05, 0) is 72.0 Å². The van der Waals surface area contributed by atoms with Crippen molar-refractivity contribution in [2.24, 2.45) is 5.92 Å². The van der Waals surface area contributed by atoms with E-state index in [-0.39, 0.29) is 22.3 Å². The summed E-state index contributed by atoms with van der Waals surface area (Å²) in [5.74, 6) is 0.438. The van der Waals surface area contributed by atoms with E-state index in [1.165, 1.54) is 18.2 Å². The molecule has 0 aromatic rings. The lowest BCUT2D eigenvalue weighted by atomic mass is 9.82. The maximum absolute atomic E-state index is 12.1. The van der Waals surface area contributed by atoms with Gasteiger partial charge in [0, 0.05) is 11.1 Å². The molecule has 0 amide bonds. The van der Waals surface area contributed by atoms with E-state index >= 15 is 0 Å². The summed E-state index contributed by atoms with van der Waals surface area (Å²) in [5, 5.41) is 2.31. The summed E-state index contributed by atoms with van der Waals surface area (Å²) in [7, 11) is 0. The Kier molecular flexibility index (Phi) is 4.34. The molecular formula is C15H27NO2S. The molecule has 0 unspecified atom stereocenters. The van der Waals surface area contributed by atoms with Gasteiger partial charge in [0.1, 0.15) is 0 Å². The molecule has 1 atom stereocenters.